The average Bonchev–Trinajstić information content (AvgIpc) is 2.68. The van der Waals surface area contributed by atoms with Gasteiger partial charge in [0.25, 0.3) is 0 Å². The fourth-order valence-corrected chi connectivity index (χ4v) is 2.47. The molecule has 0 N–H and O–H groups in total. The Labute approximate surface area is 88.9 Å². The van der Waals surface area contributed by atoms with Gasteiger partial charge >= 0.3 is 0 Å². The second-order valence-electron chi connectivity index (χ2n) is 4.58. The molecular weight excluding hydrogens is 199 g/mol. The first-order valence-electron chi connectivity index (χ1n) is 5.47. The Kier molecular flexibility index (Phi) is 2.81. The highest BCUT2D eigenvalue weighted by atomic mass is 19.1. The number of hydrogen-bond acceptors (Lipinski definition) is 3. The van der Waals surface area contributed by atoms with Crippen LogP contribution in [0.25, 0.3) is 0 Å². The summed E-state index contributed by atoms with van der Waals surface area (Å²) in [7, 11) is 0. The maximum atomic E-state index is 13.0. The van der Waals surface area contributed by atoms with E-state index in [4.69, 9.17) is 9.47 Å². The van der Waals surface area contributed by atoms with Crippen LogP contribution in [0, 0.1) is 5.41 Å². The summed E-state index contributed by atoms with van der Waals surface area (Å²) < 4.78 is 24.0. The summed E-state index contributed by atoms with van der Waals surface area (Å²) in [6.45, 7) is 2.15. The number of carbonyl (C=O) groups excluding carboxylic acids is 1. The molecule has 0 aromatic rings. The van der Waals surface area contributed by atoms with Gasteiger partial charge in [-0.3, -0.25) is 9.18 Å². The topological polar surface area (TPSA) is 35.5 Å². The van der Waals surface area contributed by atoms with E-state index in [1.54, 1.807) is 0 Å². The number of rotatable bonds is 2. The summed E-state index contributed by atoms with van der Waals surface area (Å²) in [5.41, 5.74) is -0.763. The molecule has 1 spiro atoms. The van der Waals surface area contributed by atoms with Crippen molar-refractivity contribution < 1.29 is 18.7 Å². The monoisotopic (exact) mass is 216 g/mol. The minimum Gasteiger partial charge on any atom is -0.348 e. The lowest BCUT2D eigenvalue weighted by Crippen LogP contribution is -2.44. The molecule has 0 atom stereocenters. The highest BCUT2D eigenvalue weighted by Crippen LogP contribution is 2.45. The zero-order valence-corrected chi connectivity index (χ0v) is 9.05. The lowest BCUT2D eigenvalue weighted by atomic mass is 9.70. The van der Waals surface area contributed by atoms with Crippen molar-refractivity contribution in [1.29, 1.82) is 0 Å². The molecule has 1 saturated carbocycles. The van der Waals surface area contributed by atoms with Gasteiger partial charge in [-0.1, -0.05) is 0 Å². The quantitative estimate of drug-likeness (QED) is 0.706. The lowest BCUT2D eigenvalue weighted by Gasteiger charge is -2.40. The normalized spacial score (nSPS) is 28.1. The first-order chi connectivity index (χ1) is 7.13. The number of ketones is 1. The number of alkyl halides is 1. The highest BCUT2D eigenvalue weighted by Gasteiger charge is 2.48. The predicted molar refractivity (Wildman–Crippen MR) is 52.2 cm³/mol. The molecule has 1 aliphatic heterocycles. The second kappa shape index (κ2) is 3.83. The Bertz CT molecular complexity index is 249. The SMILES string of the molecule is CC(=O)C1(CF)CCC2(CC1)OCCO2. The first kappa shape index (κ1) is 11.0. The third-order valence-corrected chi connectivity index (χ3v) is 3.79. The summed E-state index contributed by atoms with van der Waals surface area (Å²) >= 11 is 0. The van der Waals surface area contributed by atoms with Gasteiger partial charge in [0.05, 0.1) is 18.6 Å². The van der Waals surface area contributed by atoms with Crippen LogP contribution >= 0.6 is 0 Å². The van der Waals surface area contributed by atoms with Crippen molar-refractivity contribution in [2.24, 2.45) is 5.41 Å². The van der Waals surface area contributed by atoms with E-state index in [0.29, 0.717) is 38.9 Å². The van der Waals surface area contributed by atoms with E-state index in [1.165, 1.54) is 6.92 Å². The van der Waals surface area contributed by atoms with Crippen LogP contribution in [-0.2, 0) is 14.3 Å². The Balaban J connectivity index is 2.04. The largest absolute Gasteiger partial charge is 0.348 e. The number of halogens is 1. The number of hydrogen-bond donors (Lipinski definition) is 0. The van der Waals surface area contributed by atoms with E-state index in [2.05, 4.69) is 0 Å². The molecule has 0 aromatic heterocycles. The van der Waals surface area contributed by atoms with E-state index in [1.807, 2.05) is 0 Å². The maximum absolute atomic E-state index is 13.0. The standard InChI is InChI=1S/C11H17FO3/c1-9(13)10(8-12)2-4-11(5-3-10)14-6-7-15-11/h2-8H2,1H3. The van der Waals surface area contributed by atoms with Gasteiger partial charge in [0.1, 0.15) is 12.5 Å². The van der Waals surface area contributed by atoms with Crippen LogP contribution in [0.2, 0.25) is 0 Å². The van der Waals surface area contributed by atoms with E-state index in [0.717, 1.165) is 0 Å². The molecule has 0 amide bonds. The molecule has 0 radical (unpaired) electrons. The average molecular weight is 216 g/mol. The van der Waals surface area contributed by atoms with Gasteiger partial charge < -0.3 is 9.47 Å². The molecule has 0 aromatic carbocycles. The van der Waals surface area contributed by atoms with E-state index in [9.17, 15) is 9.18 Å². The molecule has 3 nitrogen and oxygen atoms in total. The summed E-state index contributed by atoms with van der Waals surface area (Å²) in [6, 6.07) is 0. The van der Waals surface area contributed by atoms with E-state index >= 15 is 0 Å². The highest BCUT2D eigenvalue weighted by molar-refractivity contribution is 5.82. The van der Waals surface area contributed by atoms with Crippen molar-refractivity contribution >= 4 is 5.78 Å². The Hall–Kier alpha value is -0.480. The minimum absolute atomic E-state index is 0.0437. The molecular formula is C11H17FO3. The van der Waals surface area contributed by atoms with Crippen LogP contribution in [0.1, 0.15) is 32.6 Å². The molecule has 4 heteroatoms. The van der Waals surface area contributed by atoms with Crippen molar-refractivity contribution in [3.63, 3.8) is 0 Å². The van der Waals surface area contributed by atoms with Crippen LogP contribution in [0.3, 0.4) is 0 Å². The van der Waals surface area contributed by atoms with Crippen LogP contribution in [0.15, 0.2) is 0 Å². The molecule has 2 rings (SSSR count). The molecule has 15 heavy (non-hydrogen) atoms. The maximum Gasteiger partial charge on any atom is 0.168 e. The second-order valence-corrected chi connectivity index (χ2v) is 4.58. The van der Waals surface area contributed by atoms with Crippen molar-refractivity contribution in [3.8, 4) is 0 Å². The zero-order valence-electron chi connectivity index (χ0n) is 9.05. The Morgan fingerprint density at radius 2 is 1.73 bits per heavy atom. The minimum atomic E-state index is -0.763. The summed E-state index contributed by atoms with van der Waals surface area (Å²) in [4.78, 5) is 11.4. The fraction of sp³-hybridized carbons (Fsp3) is 0.909. The Morgan fingerprint density at radius 1 is 1.20 bits per heavy atom. The molecule has 2 aliphatic rings. The van der Waals surface area contributed by atoms with Gasteiger partial charge in [-0.15, -0.1) is 0 Å². The van der Waals surface area contributed by atoms with Crippen molar-refractivity contribution in [1.82, 2.24) is 0 Å². The third kappa shape index (κ3) is 1.81. The molecule has 1 saturated heterocycles. The summed E-state index contributed by atoms with van der Waals surface area (Å²) in [5.74, 6) is -0.549. The number of ether oxygens (including phenoxy) is 2. The summed E-state index contributed by atoms with van der Waals surface area (Å²) in [5, 5.41) is 0. The molecule has 86 valence electrons. The number of carbonyl (C=O) groups is 1. The molecule has 1 aliphatic carbocycles. The van der Waals surface area contributed by atoms with Crippen LogP contribution < -0.4 is 0 Å². The van der Waals surface area contributed by atoms with Gasteiger partial charge in [0.2, 0.25) is 0 Å². The van der Waals surface area contributed by atoms with E-state index in [-0.39, 0.29) is 5.78 Å². The third-order valence-electron chi connectivity index (χ3n) is 3.79. The van der Waals surface area contributed by atoms with Gasteiger partial charge in [-0.25, -0.2) is 0 Å². The molecule has 0 unspecified atom stereocenters. The smallest absolute Gasteiger partial charge is 0.168 e. The predicted octanol–water partition coefficient (Wildman–Crippen LogP) is 1.85. The van der Waals surface area contributed by atoms with Crippen molar-refractivity contribution in [3.05, 3.63) is 0 Å². The van der Waals surface area contributed by atoms with Crippen molar-refractivity contribution in [2.45, 2.75) is 38.4 Å². The summed E-state index contributed by atoms with van der Waals surface area (Å²) in [6.07, 6.45) is 2.35. The lowest BCUT2D eigenvalue weighted by molar-refractivity contribution is -0.193. The van der Waals surface area contributed by atoms with Gasteiger partial charge in [-0.2, -0.15) is 0 Å². The van der Waals surface area contributed by atoms with Gasteiger partial charge in [0, 0.05) is 12.8 Å². The van der Waals surface area contributed by atoms with E-state index < -0.39 is 17.9 Å². The Morgan fingerprint density at radius 3 is 2.13 bits per heavy atom. The zero-order chi connectivity index (χ0) is 10.9. The van der Waals surface area contributed by atoms with Crippen molar-refractivity contribution in [2.75, 3.05) is 19.9 Å². The van der Waals surface area contributed by atoms with Crippen LogP contribution in [-0.4, -0.2) is 31.5 Å². The number of Topliss-reactive ketones (excluding diaryl/α,β-unsaturated/α-hetero) is 1. The van der Waals surface area contributed by atoms with Crippen LogP contribution in [0.5, 0.6) is 0 Å². The first-order valence-corrected chi connectivity index (χ1v) is 5.47. The molecule has 0 bridgehead atoms. The molecule has 2 fully saturated rings. The van der Waals surface area contributed by atoms with Crippen LogP contribution in [0.4, 0.5) is 4.39 Å². The fourth-order valence-electron chi connectivity index (χ4n) is 2.47. The van der Waals surface area contributed by atoms with Gasteiger partial charge in [0.15, 0.2) is 5.79 Å². The molecule has 1 heterocycles. The van der Waals surface area contributed by atoms with Gasteiger partial charge in [-0.05, 0) is 19.8 Å².